The summed E-state index contributed by atoms with van der Waals surface area (Å²) >= 11 is 3.12. The van der Waals surface area contributed by atoms with E-state index in [4.69, 9.17) is 0 Å². The van der Waals surface area contributed by atoms with Gasteiger partial charge in [0, 0.05) is 12.8 Å². The highest BCUT2D eigenvalue weighted by molar-refractivity contribution is 9.12. The van der Waals surface area contributed by atoms with Crippen LogP contribution < -0.4 is 0 Å². The lowest BCUT2D eigenvalue weighted by molar-refractivity contribution is -0.114. The van der Waals surface area contributed by atoms with Crippen molar-refractivity contribution < 1.29 is 9.59 Å². The Morgan fingerprint density at radius 2 is 1.92 bits per heavy atom. The van der Waals surface area contributed by atoms with Crippen LogP contribution in [0.25, 0.3) is 0 Å². The second kappa shape index (κ2) is 5.12. The van der Waals surface area contributed by atoms with E-state index in [2.05, 4.69) is 15.9 Å². The Bertz CT molecular complexity index is 277. The molecule has 0 radical (unpaired) electrons. The molecule has 0 heterocycles. The summed E-state index contributed by atoms with van der Waals surface area (Å²) in [6.45, 7) is 0. The predicted molar refractivity (Wildman–Crippen MR) is 54.6 cm³/mol. The quantitative estimate of drug-likeness (QED) is 0.655. The van der Waals surface area contributed by atoms with Crippen molar-refractivity contribution in [1.82, 2.24) is 0 Å². The van der Waals surface area contributed by atoms with Gasteiger partial charge in [0.1, 0.15) is 0 Å². The third-order valence-electron chi connectivity index (χ3n) is 1.82. The van der Waals surface area contributed by atoms with E-state index in [1.165, 1.54) is 0 Å². The fourth-order valence-electron chi connectivity index (χ4n) is 1.09. The van der Waals surface area contributed by atoms with Gasteiger partial charge in [0.15, 0.2) is 11.6 Å². The molecule has 0 saturated carbocycles. The molecule has 0 bridgehead atoms. The van der Waals surface area contributed by atoms with Crippen molar-refractivity contribution in [2.45, 2.75) is 25.7 Å². The van der Waals surface area contributed by atoms with E-state index in [0.717, 1.165) is 23.7 Å². The van der Waals surface area contributed by atoms with Gasteiger partial charge in [0.05, 0.1) is 4.48 Å². The summed E-state index contributed by atoms with van der Waals surface area (Å²) in [5.41, 5.74) is 0. The maximum atomic E-state index is 10.5. The summed E-state index contributed by atoms with van der Waals surface area (Å²) in [5.74, 6) is 0.509. The van der Waals surface area contributed by atoms with Crippen molar-refractivity contribution in [2.75, 3.05) is 0 Å². The topological polar surface area (TPSA) is 34.1 Å². The normalized spacial score (nSPS) is 19.9. The van der Waals surface area contributed by atoms with Crippen LogP contribution in [0.1, 0.15) is 25.7 Å². The third-order valence-corrected chi connectivity index (χ3v) is 2.59. The number of allylic oxidation sites excluding steroid dienone is 4. The van der Waals surface area contributed by atoms with Crippen LogP contribution in [-0.2, 0) is 9.59 Å². The van der Waals surface area contributed by atoms with Gasteiger partial charge < -0.3 is 0 Å². The zero-order valence-corrected chi connectivity index (χ0v) is 8.84. The maximum absolute atomic E-state index is 10.5. The molecular formula is C10H11BrO2. The highest BCUT2D eigenvalue weighted by Crippen LogP contribution is 2.18. The molecule has 0 aromatic heterocycles. The Morgan fingerprint density at radius 3 is 2.08 bits per heavy atom. The van der Waals surface area contributed by atoms with Gasteiger partial charge in [-0.05, 0) is 34.8 Å². The fourth-order valence-corrected chi connectivity index (χ4v) is 1.51. The second-order valence-electron chi connectivity index (χ2n) is 2.92. The molecule has 2 nitrogen and oxygen atoms in total. The Labute approximate surface area is 85.8 Å². The first kappa shape index (κ1) is 10.4. The van der Waals surface area contributed by atoms with Crippen LogP contribution in [0.4, 0.5) is 0 Å². The highest BCUT2D eigenvalue weighted by atomic mass is 79.9. The first-order chi connectivity index (χ1) is 6.20. The molecule has 0 unspecified atom stereocenters. The molecule has 0 spiro atoms. The van der Waals surface area contributed by atoms with Gasteiger partial charge in [-0.2, -0.15) is 0 Å². The summed E-state index contributed by atoms with van der Waals surface area (Å²) in [6.07, 6.45) is 8.75. The predicted octanol–water partition coefficient (Wildman–Crippen LogP) is 2.53. The van der Waals surface area contributed by atoms with Crippen molar-refractivity contribution in [3.05, 3.63) is 22.7 Å². The van der Waals surface area contributed by atoms with E-state index in [1.54, 1.807) is 6.08 Å². The molecule has 0 aromatic rings. The molecule has 2 aliphatic carbocycles. The van der Waals surface area contributed by atoms with E-state index in [0.29, 0.717) is 6.42 Å². The van der Waals surface area contributed by atoms with Crippen LogP contribution in [0.3, 0.4) is 0 Å². The van der Waals surface area contributed by atoms with Gasteiger partial charge in [-0.3, -0.25) is 9.59 Å². The molecule has 0 aliphatic heterocycles. The molecule has 2 aliphatic rings. The van der Waals surface area contributed by atoms with E-state index in [1.807, 2.05) is 12.2 Å². The van der Waals surface area contributed by atoms with E-state index >= 15 is 0 Å². The highest BCUT2D eigenvalue weighted by Gasteiger charge is 2.10. The summed E-state index contributed by atoms with van der Waals surface area (Å²) in [5, 5.41) is 0. The summed E-state index contributed by atoms with van der Waals surface area (Å²) in [7, 11) is 0. The molecule has 0 N–H and O–H groups in total. The van der Waals surface area contributed by atoms with Crippen LogP contribution in [0, 0.1) is 0 Å². The zero-order chi connectivity index (χ0) is 9.68. The SMILES string of the molecule is O=C1C=CCC1.O=C1CCC=C1Br. The summed E-state index contributed by atoms with van der Waals surface area (Å²) < 4.78 is 0.757. The Hall–Kier alpha value is -0.700. The molecule has 0 aromatic carbocycles. The first-order valence-corrected chi connectivity index (χ1v) is 5.07. The van der Waals surface area contributed by atoms with Gasteiger partial charge in [0.25, 0.3) is 0 Å². The number of rotatable bonds is 0. The Kier molecular flexibility index (Phi) is 4.09. The standard InChI is InChI=1S/C5H5BrO.C5H6O/c6-4-2-1-3-5(4)7;6-5-3-1-2-4-5/h2H,1,3H2;1,3H,2,4H2. The molecule has 70 valence electrons. The minimum atomic E-state index is 0.236. The lowest BCUT2D eigenvalue weighted by atomic mass is 10.3. The second-order valence-corrected chi connectivity index (χ2v) is 3.78. The van der Waals surface area contributed by atoms with Gasteiger partial charge in [-0.1, -0.05) is 12.2 Å². The van der Waals surface area contributed by atoms with Crippen molar-refractivity contribution >= 4 is 27.5 Å². The molecule has 0 atom stereocenters. The van der Waals surface area contributed by atoms with E-state index in [-0.39, 0.29) is 11.6 Å². The third kappa shape index (κ3) is 3.68. The molecule has 3 heteroatoms. The average molecular weight is 243 g/mol. The average Bonchev–Trinajstić information content (AvgIpc) is 2.67. The number of halogens is 1. The Balaban J connectivity index is 0.000000132. The molecule has 0 saturated heterocycles. The van der Waals surface area contributed by atoms with E-state index < -0.39 is 0 Å². The molecular weight excluding hydrogens is 232 g/mol. The van der Waals surface area contributed by atoms with Gasteiger partial charge in [-0.25, -0.2) is 0 Å². The molecule has 0 amide bonds. The van der Waals surface area contributed by atoms with Crippen LogP contribution >= 0.6 is 15.9 Å². The van der Waals surface area contributed by atoms with Crippen molar-refractivity contribution in [2.24, 2.45) is 0 Å². The largest absolute Gasteiger partial charge is 0.295 e. The molecule has 13 heavy (non-hydrogen) atoms. The maximum Gasteiger partial charge on any atom is 0.169 e. The van der Waals surface area contributed by atoms with Gasteiger partial charge in [-0.15, -0.1) is 0 Å². The number of hydrogen-bond donors (Lipinski definition) is 0. The van der Waals surface area contributed by atoms with Crippen LogP contribution in [0.5, 0.6) is 0 Å². The van der Waals surface area contributed by atoms with Crippen LogP contribution in [0.15, 0.2) is 22.7 Å². The van der Waals surface area contributed by atoms with Gasteiger partial charge in [0.2, 0.25) is 0 Å². The minimum absolute atomic E-state index is 0.236. The summed E-state index contributed by atoms with van der Waals surface area (Å²) in [6, 6.07) is 0. The monoisotopic (exact) mass is 242 g/mol. The van der Waals surface area contributed by atoms with Crippen LogP contribution in [0.2, 0.25) is 0 Å². The number of carbonyl (C=O) groups is 2. The lowest BCUT2D eigenvalue weighted by Crippen LogP contribution is -1.86. The number of carbonyl (C=O) groups excluding carboxylic acids is 2. The van der Waals surface area contributed by atoms with Gasteiger partial charge >= 0.3 is 0 Å². The zero-order valence-electron chi connectivity index (χ0n) is 7.25. The number of ketones is 2. The summed E-state index contributed by atoms with van der Waals surface area (Å²) in [4.78, 5) is 20.6. The minimum Gasteiger partial charge on any atom is -0.295 e. The van der Waals surface area contributed by atoms with Crippen molar-refractivity contribution in [3.8, 4) is 0 Å². The number of Topliss-reactive ketones (excluding diaryl/α,β-unsaturated/α-hetero) is 1. The van der Waals surface area contributed by atoms with Crippen LogP contribution in [-0.4, -0.2) is 11.6 Å². The smallest absolute Gasteiger partial charge is 0.169 e. The number of hydrogen-bond acceptors (Lipinski definition) is 2. The molecule has 0 fully saturated rings. The molecule has 2 rings (SSSR count). The first-order valence-electron chi connectivity index (χ1n) is 4.28. The fraction of sp³-hybridized carbons (Fsp3) is 0.400. The lowest BCUT2D eigenvalue weighted by Gasteiger charge is -1.78. The Morgan fingerprint density at radius 1 is 1.15 bits per heavy atom. The van der Waals surface area contributed by atoms with Crippen molar-refractivity contribution in [3.63, 3.8) is 0 Å². The van der Waals surface area contributed by atoms with E-state index in [9.17, 15) is 9.59 Å². The van der Waals surface area contributed by atoms with Crippen molar-refractivity contribution in [1.29, 1.82) is 0 Å².